The number of amides is 1. The Morgan fingerprint density at radius 2 is 1.74 bits per heavy atom. The van der Waals surface area contributed by atoms with Crippen LogP contribution < -0.4 is 10.1 Å². The highest BCUT2D eigenvalue weighted by atomic mass is 32.2. The Morgan fingerprint density at radius 1 is 1.11 bits per heavy atom. The van der Waals surface area contributed by atoms with E-state index < -0.39 is 0 Å². The molecule has 5 heteroatoms. The summed E-state index contributed by atoms with van der Waals surface area (Å²) in [6.07, 6.45) is 2.40. The fourth-order valence-corrected chi connectivity index (χ4v) is 3.90. The lowest BCUT2D eigenvalue weighted by molar-refractivity contribution is -0.115. The van der Waals surface area contributed by atoms with Crippen LogP contribution in [0.4, 0.5) is 5.69 Å². The number of carbonyl (C=O) groups is 1. The molecule has 1 N–H and O–H groups in total. The Labute approximate surface area is 166 Å². The number of aryl methyl sites for hydroxylation is 1. The third-order valence-electron chi connectivity index (χ3n) is 4.79. The number of thioether (sulfide) groups is 1. The maximum Gasteiger partial charge on any atom is 0.237 e. The molecule has 1 saturated heterocycles. The van der Waals surface area contributed by atoms with Crippen LogP contribution in [0.2, 0.25) is 0 Å². The van der Waals surface area contributed by atoms with Crippen LogP contribution in [0.15, 0.2) is 53.4 Å². The topological polar surface area (TPSA) is 41.6 Å². The van der Waals surface area contributed by atoms with Crippen LogP contribution >= 0.6 is 11.8 Å². The molecule has 0 unspecified atom stereocenters. The van der Waals surface area contributed by atoms with E-state index in [1.165, 1.54) is 5.56 Å². The molecule has 0 bridgehead atoms. The Hall–Kier alpha value is -1.98. The van der Waals surface area contributed by atoms with Gasteiger partial charge < -0.3 is 15.0 Å². The molecule has 1 amide bonds. The molecule has 1 aliphatic heterocycles. The third-order valence-corrected chi connectivity index (χ3v) is 5.91. The largest absolute Gasteiger partial charge is 0.490 e. The van der Waals surface area contributed by atoms with Gasteiger partial charge in [-0.15, -0.1) is 11.8 Å². The molecule has 3 rings (SSSR count). The molecule has 2 aromatic rings. The lowest BCUT2D eigenvalue weighted by atomic mass is 10.1. The van der Waals surface area contributed by atoms with Crippen molar-refractivity contribution in [2.24, 2.45) is 0 Å². The van der Waals surface area contributed by atoms with Crippen LogP contribution in [-0.4, -0.2) is 42.3 Å². The van der Waals surface area contributed by atoms with Crippen LogP contribution in [0.3, 0.4) is 0 Å². The predicted molar refractivity (Wildman–Crippen MR) is 113 cm³/mol. The van der Waals surface area contributed by atoms with E-state index in [9.17, 15) is 4.79 Å². The normalized spacial score (nSPS) is 16.7. The maximum atomic E-state index is 12.4. The summed E-state index contributed by atoms with van der Waals surface area (Å²) in [7, 11) is 2.14. The molecule has 1 heterocycles. The number of piperidine rings is 1. The lowest BCUT2D eigenvalue weighted by Crippen LogP contribution is -2.35. The van der Waals surface area contributed by atoms with Gasteiger partial charge >= 0.3 is 0 Å². The zero-order chi connectivity index (χ0) is 19.2. The van der Waals surface area contributed by atoms with Crippen LogP contribution in [-0.2, 0) is 4.79 Å². The number of hydrogen-bond donors (Lipinski definition) is 1. The highest BCUT2D eigenvalue weighted by molar-refractivity contribution is 8.00. The molecule has 144 valence electrons. The molecule has 1 fully saturated rings. The van der Waals surface area contributed by atoms with Crippen LogP contribution in [0.5, 0.6) is 5.75 Å². The summed E-state index contributed by atoms with van der Waals surface area (Å²) in [6, 6.07) is 15.9. The van der Waals surface area contributed by atoms with Crippen molar-refractivity contribution < 1.29 is 9.53 Å². The highest BCUT2D eigenvalue weighted by Crippen LogP contribution is 2.25. The van der Waals surface area contributed by atoms with Gasteiger partial charge in [-0.05, 0) is 70.1 Å². The Balaban J connectivity index is 1.49. The molecule has 0 radical (unpaired) electrons. The first-order valence-electron chi connectivity index (χ1n) is 9.49. The van der Waals surface area contributed by atoms with E-state index in [-0.39, 0.29) is 17.3 Å². The van der Waals surface area contributed by atoms with E-state index in [1.807, 2.05) is 31.2 Å². The maximum absolute atomic E-state index is 12.4. The minimum atomic E-state index is -0.164. The molecule has 0 aromatic heterocycles. The molecule has 1 atom stereocenters. The van der Waals surface area contributed by atoms with Crippen LogP contribution in [0.1, 0.15) is 25.3 Å². The Bertz CT molecular complexity index is 738. The first-order chi connectivity index (χ1) is 13.0. The average molecular weight is 385 g/mol. The van der Waals surface area contributed by atoms with E-state index in [4.69, 9.17) is 4.74 Å². The fourth-order valence-electron chi connectivity index (χ4n) is 3.03. The first kappa shape index (κ1) is 19.8. The molecular weight excluding hydrogens is 356 g/mol. The molecule has 0 saturated carbocycles. The van der Waals surface area contributed by atoms with Crippen molar-refractivity contribution in [2.45, 2.75) is 42.9 Å². The van der Waals surface area contributed by atoms with Crippen molar-refractivity contribution in [3.63, 3.8) is 0 Å². The zero-order valence-electron chi connectivity index (χ0n) is 16.3. The molecule has 2 aromatic carbocycles. The summed E-state index contributed by atoms with van der Waals surface area (Å²) in [6.45, 7) is 6.15. The van der Waals surface area contributed by atoms with Gasteiger partial charge in [-0.3, -0.25) is 4.79 Å². The van der Waals surface area contributed by atoms with Gasteiger partial charge in [-0.1, -0.05) is 17.7 Å². The minimum Gasteiger partial charge on any atom is -0.490 e. The van der Waals surface area contributed by atoms with Gasteiger partial charge in [0.1, 0.15) is 11.9 Å². The fraction of sp³-hybridized carbons (Fsp3) is 0.409. The second-order valence-corrected chi connectivity index (χ2v) is 8.62. The van der Waals surface area contributed by atoms with E-state index in [2.05, 4.69) is 48.5 Å². The van der Waals surface area contributed by atoms with Crippen LogP contribution in [0, 0.1) is 6.92 Å². The van der Waals surface area contributed by atoms with Crippen molar-refractivity contribution in [1.29, 1.82) is 0 Å². The molecule has 1 aliphatic rings. The summed E-state index contributed by atoms with van der Waals surface area (Å²) < 4.78 is 6.06. The smallest absolute Gasteiger partial charge is 0.237 e. The van der Waals surface area contributed by atoms with Crippen molar-refractivity contribution in [3.05, 3.63) is 54.1 Å². The number of nitrogens with zero attached hydrogens (tertiary/aromatic N) is 1. The standard InChI is InChI=1S/C22H28N2O2S/c1-16-4-10-21(11-5-16)27-17(2)22(25)23-18-6-8-19(9-7-18)26-20-12-14-24(3)15-13-20/h4-11,17,20H,12-15H2,1-3H3,(H,23,25)/t17-/m1/s1. The van der Waals surface area contributed by atoms with E-state index in [1.54, 1.807) is 11.8 Å². The summed E-state index contributed by atoms with van der Waals surface area (Å²) in [5, 5.41) is 2.82. The van der Waals surface area contributed by atoms with E-state index in [0.29, 0.717) is 0 Å². The van der Waals surface area contributed by atoms with Gasteiger partial charge in [0.15, 0.2) is 0 Å². The predicted octanol–water partition coefficient (Wildman–Crippen LogP) is 4.59. The molecule has 27 heavy (non-hydrogen) atoms. The average Bonchev–Trinajstić information content (AvgIpc) is 2.67. The summed E-state index contributed by atoms with van der Waals surface area (Å²) in [5.41, 5.74) is 2.02. The number of nitrogens with one attached hydrogen (secondary N) is 1. The van der Waals surface area contributed by atoms with E-state index >= 15 is 0 Å². The minimum absolute atomic E-state index is 0.00422. The number of benzene rings is 2. The van der Waals surface area contributed by atoms with Crippen molar-refractivity contribution in [3.8, 4) is 5.75 Å². The first-order valence-corrected chi connectivity index (χ1v) is 10.4. The Kier molecular flexibility index (Phi) is 6.80. The number of anilines is 1. The highest BCUT2D eigenvalue weighted by Gasteiger charge is 2.18. The van der Waals surface area contributed by atoms with Crippen molar-refractivity contribution >= 4 is 23.4 Å². The number of hydrogen-bond acceptors (Lipinski definition) is 4. The number of rotatable bonds is 6. The van der Waals surface area contributed by atoms with Gasteiger partial charge in [-0.2, -0.15) is 0 Å². The lowest BCUT2D eigenvalue weighted by Gasteiger charge is -2.29. The summed E-state index contributed by atoms with van der Waals surface area (Å²) in [4.78, 5) is 15.9. The third kappa shape index (κ3) is 6.01. The zero-order valence-corrected chi connectivity index (χ0v) is 17.1. The summed E-state index contributed by atoms with van der Waals surface area (Å²) in [5.74, 6) is 0.870. The van der Waals surface area contributed by atoms with Crippen LogP contribution in [0.25, 0.3) is 0 Å². The molecule has 4 nitrogen and oxygen atoms in total. The van der Waals surface area contributed by atoms with Crippen molar-refractivity contribution in [1.82, 2.24) is 4.90 Å². The van der Waals surface area contributed by atoms with Crippen molar-refractivity contribution in [2.75, 3.05) is 25.5 Å². The van der Waals surface area contributed by atoms with E-state index in [0.717, 1.165) is 42.3 Å². The van der Waals surface area contributed by atoms with Gasteiger partial charge in [0.2, 0.25) is 5.91 Å². The number of carbonyl (C=O) groups excluding carboxylic acids is 1. The number of likely N-dealkylation sites (tertiary alicyclic amines) is 1. The number of ether oxygens (including phenoxy) is 1. The Morgan fingerprint density at radius 3 is 2.37 bits per heavy atom. The molecule has 0 spiro atoms. The summed E-state index contributed by atoms with van der Waals surface area (Å²) >= 11 is 1.57. The van der Waals surface area contributed by atoms with Gasteiger partial charge in [0.05, 0.1) is 5.25 Å². The van der Waals surface area contributed by atoms with Gasteiger partial charge in [0, 0.05) is 23.7 Å². The van der Waals surface area contributed by atoms with Gasteiger partial charge in [0.25, 0.3) is 0 Å². The van der Waals surface area contributed by atoms with Gasteiger partial charge in [-0.25, -0.2) is 0 Å². The molecule has 0 aliphatic carbocycles. The quantitative estimate of drug-likeness (QED) is 0.740. The second kappa shape index (κ2) is 9.29. The monoisotopic (exact) mass is 384 g/mol. The molecular formula is C22H28N2O2S. The SMILES string of the molecule is Cc1ccc(S[C@H](C)C(=O)Nc2ccc(OC3CCN(C)CC3)cc2)cc1. The second-order valence-electron chi connectivity index (χ2n) is 7.21.